The van der Waals surface area contributed by atoms with Gasteiger partial charge in [-0.3, -0.25) is 14.9 Å². The second-order valence-electron chi connectivity index (χ2n) is 7.70. The molecule has 0 atom stereocenters. The third-order valence-electron chi connectivity index (χ3n) is 5.33. The molecule has 1 saturated heterocycles. The minimum atomic E-state index is -0.903. The van der Waals surface area contributed by atoms with Crippen molar-refractivity contribution in [3.63, 3.8) is 0 Å². The van der Waals surface area contributed by atoms with Gasteiger partial charge in [-0.15, -0.1) is 0 Å². The summed E-state index contributed by atoms with van der Waals surface area (Å²) >= 11 is 12.6. The molecule has 4 amide bonds. The molecule has 5 rings (SSSR count). The average Bonchev–Trinajstić information content (AvgIpc) is 3.32. The van der Waals surface area contributed by atoms with Crippen molar-refractivity contribution in [2.24, 2.45) is 0 Å². The van der Waals surface area contributed by atoms with E-state index in [1.165, 1.54) is 42.5 Å². The highest BCUT2D eigenvalue weighted by atomic mass is 79.9. The molecule has 0 aliphatic carbocycles. The maximum absolute atomic E-state index is 13.3. The number of esters is 1. The highest BCUT2D eigenvalue weighted by molar-refractivity contribution is 9.11. The number of nitrogens with zero attached hydrogens (tertiary/aromatic N) is 1. The van der Waals surface area contributed by atoms with Crippen molar-refractivity contribution >= 4 is 79.0 Å². The predicted octanol–water partition coefficient (Wildman–Crippen LogP) is 5.48. The molecular weight excluding hydrogens is 636 g/mol. The Morgan fingerprint density at radius 1 is 1.00 bits per heavy atom. The van der Waals surface area contributed by atoms with Crippen LogP contribution < -0.4 is 24.4 Å². The first-order chi connectivity index (χ1) is 17.7. The van der Waals surface area contributed by atoms with Gasteiger partial charge < -0.3 is 14.2 Å². The fourth-order valence-electron chi connectivity index (χ4n) is 3.61. The molecule has 1 N–H and O–H groups in total. The van der Waals surface area contributed by atoms with Gasteiger partial charge in [0, 0.05) is 15.1 Å². The minimum Gasteiger partial charge on any atom is -0.454 e. The summed E-state index contributed by atoms with van der Waals surface area (Å²) in [7, 11) is 0. The quantitative estimate of drug-likeness (QED) is 0.173. The third kappa shape index (κ3) is 4.97. The number of carbonyl (C=O) groups excluding carboxylic acids is 4. The predicted molar refractivity (Wildman–Crippen MR) is 140 cm³/mol. The van der Waals surface area contributed by atoms with E-state index in [1.807, 2.05) is 0 Å². The lowest BCUT2D eigenvalue weighted by Gasteiger charge is -2.26. The van der Waals surface area contributed by atoms with E-state index in [9.17, 15) is 19.2 Å². The van der Waals surface area contributed by atoms with Gasteiger partial charge in [0.05, 0.1) is 15.7 Å². The Morgan fingerprint density at radius 3 is 2.49 bits per heavy atom. The number of rotatable bonds is 4. The fourth-order valence-corrected chi connectivity index (χ4v) is 5.07. The Balaban J connectivity index is 1.51. The van der Waals surface area contributed by atoms with Gasteiger partial charge in [-0.05, 0) is 76.6 Å². The highest BCUT2D eigenvalue weighted by Gasteiger charge is 2.37. The number of fused-ring (bicyclic) bond motifs is 1. The number of barbiturate groups is 1. The normalized spacial score (nSPS) is 15.7. The largest absolute Gasteiger partial charge is 0.454 e. The monoisotopic (exact) mass is 646 g/mol. The molecule has 3 aromatic carbocycles. The summed E-state index contributed by atoms with van der Waals surface area (Å²) in [4.78, 5) is 52.1. The van der Waals surface area contributed by atoms with Crippen LogP contribution in [-0.4, -0.2) is 30.6 Å². The molecular formula is C25H13Br2ClN2O7. The summed E-state index contributed by atoms with van der Waals surface area (Å²) in [6.07, 6.45) is 1.24. The molecule has 2 aliphatic rings. The standard InChI is InChI=1S/C25H13Br2ClN2O7/c26-14-7-13(8-17-22(31)29-25(34)30(23(17)32)16-4-2-15(28)3-5-16)21(18(27)10-14)37-24(33)12-1-6-19-20(9-12)36-11-35-19/h1-10H,11H2,(H,29,31,34)/b17-8-. The van der Waals surface area contributed by atoms with Crippen molar-refractivity contribution in [3.8, 4) is 17.2 Å². The van der Waals surface area contributed by atoms with Crippen LogP contribution in [0.4, 0.5) is 10.5 Å². The summed E-state index contributed by atoms with van der Waals surface area (Å²) in [5.74, 6) is -1.51. The Labute approximate surface area is 231 Å². The Hall–Kier alpha value is -3.67. The van der Waals surface area contributed by atoms with Crippen LogP contribution in [0.5, 0.6) is 17.2 Å². The maximum atomic E-state index is 13.3. The number of ether oxygens (including phenoxy) is 3. The third-order valence-corrected chi connectivity index (χ3v) is 6.63. The number of urea groups is 1. The van der Waals surface area contributed by atoms with E-state index in [1.54, 1.807) is 18.2 Å². The Bertz CT molecular complexity index is 1520. The molecule has 9 nitrogen and oxygen atoms in total. The molecule has 37 heavy (non-hydrogen) atoms. The molecule has 2 aliphatic heterocycles. The van der Waals surface area contributed by atoms with Crippen LogP contribution in [0.1, 0.15) is 15.9 Å². The molecule has 0 aromatic heterocycles. The topological polar surface area (TPSA) is 111 Å². The Morgan fingerprint density at radius 2 is 1.73 bits per heavy atom. The SMILES string of the molecule is O=C1NC(=O)N(c2ccc(Cl)cc2)C(=O)/C1=C\c1cc(Br)cc(Br)c1OC(=O)c1ccc2c(c1)OCO2. The molecule has 12 heteroatoms. The molecule has 1 fully saturated rings. The lowest BCUT2D eigenvalue weighted by Crippen LogP contribution is -2.54. The van der Waals surface area contributed by atoms with Crippen molar-refractivity contribution in [3.05, 3.63) is 85.3 Å². The van der Waals surface area contributed by atoms with E-state index in [2.05, 4.69) is 37.2 Å². The van der Waals surface area contributed by atoms with Gasteiger partial charge in [-0.25, -0.2) is 14.5 Å². The van der Waals surface area contributed by atoms with Gasteiger partial charge in [-0.1, -0.05) is 27.5 Å². The second-order valence-corrected chi connectivity index (χ2v) is 9.90. The number of halogens is 3. The van der Waals surface area contributed by atoms with Crippen molar-refractivity contribution in [2.45, 2.75) is 0 Å². The van der Waals surface area contributed by atoms with Crippen LogP contribution in [0.3, 0.4) is 0 Å². The Kier molecular flexibility index (Phi) is 6.76. The van der Waals surface area contributed by atoms with Crippen LogP contribution in [-0.2, 0) is 9.59 Å². The number of imide groups is 2. The number of carbonyl (C=O) groups is 4. The smallest absolute Gasteiger partial charge is 0.343 e. The second kappa shape index (κ2) is 10.0. The summed E-state index contributed by atoms with van der Waals surface area (Å²) in [5.41, 5.74) is 0.290. The van der Waals surface area contributed by atoms with E-state index in [0.717, 1.165) is 4.90 Å². The van der Waals surface area contributed by atoms with E-state index in [4.69, 9.17) is 25.8 Å². The zero-order chi connectivity index (χ0) is 26.3. The molecule has 0 unspecified atom stereocenters. The number of hydrogen-bond donors (Lipinski definition) is 1. The van der Waals surface area contributed by atoms with Crippen molar-refractivity contribution in [1.82, 2.24) is 5.32 Å². The first kappa shape index (κ1) is 25.0. The molecule has 3 aromatic rings. The average molecular weight is 649 g/mol. The van der Waals surface area contributed by atoms with Gasteiger partial charge in [-0.2, -0.15) is 0 Å². The first-order valence-electron chi connectivity index (χ1n) is 10.5. The van der Waals surface area contributed by atoms with Crippen LogP contribution in [0.2, 0.25) is 5.02 Å². The van der Waals surface area contributed by atoms with E-state index >= 15 is 0 Å². The highest BCUT2D eigenvalue weighted by Crippen LogP contribution is 2.37. The number of hydrogen-bond acceptors (Lipinski definition) is 7. The van der Waals surface area contributed by atoms with Crippen molar-refractivity contribution < 1.29 is 33.4 Å². The summed E-state index contributed by atoms with van der Waals surface area (Å²) in [6.45, 7) is 0.0510. The maximum Gasteiger partial charge on any atom is 0.343 e. The lowest BCUT2D eigenvalue weighted by molar-refractivity contribution is -0.122. The molecule has 0 bridgehead atoms. The number of anilines is 1. The van der Waals surface area contributed by atoms with Gasteiger partial charge in [0.2, 0.25) is 6.79 Å². The summed E-state index contributed by atoms with van der Waals surface area (Å²) in [5, 5.41) is 2.56. The molecule has 2 heterocycles. The van der Waals surface area contributed by atoms with Crippen LogP contribution in [0.15, 0.2) is 69.1 Å². The van der Waals surface area contributed by atoms with E-state index in [-0.39, 0.29) is 34.9 Å². The summed E-state index contributed by atoms with van der Waals surface area (Å²) < 4.78 is 17.2. The number of amides is 4. The molecule has 0 radical (unpaired) electrons. The number of nitrogens with one attached hydrogen (secondary N) is 1. The first-order valence-corrected chi connectivity index (χ1v) is 12.5. The van der Waals surface area contributed by atoms with E-state index in [0.29, 0.717) is 25.5 Å². The van der Waals surface area contributed by atoms with Crippen molar-refractivity contribution in [2.75, 3.05) is 11.7 Å². The molecule has 186 valence electrons. The van der Waals surface area contributed by atoms with Gasteiger partial charge >= 0.3 is 12.0 Å². The van der Waals surface area contributed by atoms with E-state index < -0.39 is 23.8 Å². The van der Waals surface area contributed by atoms with Crippen LogP contribution in [0, 0.1) is 0 Å². The zero-order valence-corrected chi connectivity index (χ0v) is 22.3. The summed E-state index contributed by atoms with van der Waals surface area (Å²) in [6, 6.07) is 12.9. The fraction of sp³-hybridized carbons (Fsp3) is 0.0400. The van der Waals surface area contributed by atoms with Crippen molar-refractivity contribution in [1.29, 1.82) is 0 Å². The zero-order valence-electron chi connectivity index (χ0n) is 18.4. The number of benzene rings is 3. The van der Waals surface area contributed by atoms with Crippen LogP contribution >= 0.6 is 43.5 Å². The van der Waals surface area contributed by atoms with Crippen LogP contribution in [0.25, 0.3) is 6.08 Å². The minimum absolute atomic E-state index is 0.0499. The lowest BCUT2D eigenvalue weighted by atomic mass is 10.1. The molecule has 0 saturated carbocycles. The van der Waals surface area contributed by atoms with Gasteiger partial charge in [0.25, 0.3) is 11.8 Å². The van der Waals surface area contributed by atoms with Gasteiger partial charge in [0.1, 0.15) is 5.57 Å². The molecule has 0 spiro atoms. The van der Waals surface area contributed by atoms with Gasteiger partial charge in [0.15, 0.2) is 17.2 Å².